The second-order valence-electron chi connectivity index (χ2n) is 3.37. The van der Waals surface area contributed by atoms with Gasteiger partial charge in [0.15, 0.2) is 0 Å². The van der Waals surface area contributed by atoms with Gasteiger partial charge >= 0.3 is 5.97 Å². The fraction of sp³-hybridized carbons (Fsp3) is 0.778. The van der Waals surface area contributed by atoms with Gasteiger partial charge in [-0.25, -0.2) is 4.79 Å². The van der Waals surface area contributed by atoms with E-state index in [0.29, 0.717) is 12.8 Å². The molecule has 0 aliphatic rings. The zero-order valence-electron chi connectivity index (χ0n) is 8.83. The number of carboxylic acid groups (broad SMARTS) is 1. The lowest BCUT2D eigenvalue weighted by Gasteiger charge is -2.28. The number of carbonyl (C=O) groups is 2. The Morgan fingerprint density at radius 3 is 2.07 bits per heavy atom. The Bertz CT molecular complexity index is 222. The largest absolute Gasteiger partial charge is 0.480 e. The van der Waals surface area contributed by atoms with Crippen molar-refractivity contribution in [1.82, 2.24) is 5.32 Å². The summed E-state index contributed by atoms with van der Waals surface area (Å²) in [6.45, 7) is 4.96. The van der Waals surface area contributed by atoms with Crippen LogP contribution in [0.25, 0.3) is 0 Å². The minimum Gasteiger partial charge on any atom is -0.480 e. The molecular formula is C9H18N2O3. The van der Waals surface area contributed by atoms with Gasteiger partial charge in [0.25, 0.3) is 0 Å². The van der Waals surface area contributed by atoms with Crippen molar-refractivity contribution < 1.29 is 14.7 Å². The van der Waals surface area contributed by atoms with E-state index < -0.39 is 23.5 Å². The lowest BCUT2D eigenvalue weighted by atomic mass is 9.92. The molecule has 0 rings (SSSR count). The van der Waals surface area contributed by atoms with Crippen LogP contribution in [0.3, 0.4) is 0 Å². The Balaban J connectivity index is 4.68. The van der Waals surface area contributed by atoms with Gasteiger partial charge in [0.2, 0.25) is 5.91 Å². The molecular weight excluding hydrogens is 184 g/mol. The third-order valence-corrected chi connectivity index (χ3v) is 2.39. The van der Waals surface area contributed by atoms with Crippen molar-refractivity contribution in [2.45, 2.75) is 45.2 Å². The summed E-state index contributed by atoms with van der Waals surface area (Å²) in [6.07, 6.45) is 0.689. The van der Waals surface area contributed by atoms with Crippen molar-refractivity contribution >= 4 is 11.9 Å². The molecule has 0 fully saturated rings. The van der Waals surface area contributed by atoms with Crippen LogP contribution in [0, 0.1) is 0 Å². The van der Waals surface area contributed by atoms with Crippen LogP contribution < -0.4 is 11.1 Å². The Kier molecular flexibility index (Phi) is 4.56. The van der Waals surface area contributed by atoms with Crippen LogP contribution >= 0.6 is 0 Å². The number of rotatable bonds is 5. The fourth-order valence-corrected chi connectivity index (χ4v) is 1.13. The van der Waals surface area contributed by atoms with E-state index in [9.17, 15) is 9.59 Å². The summed E-state index contributed by atoms with van der Waals surface area (Å²) in [5.74, 6) is -1.45. The van der Waals surface area contributed by atoms with Crippen LogP contribution in [0.1, 0.15) is 33.6 Å². The van der Waals surface area contributed by atoms with E-state index in [2.05, 4.69) is 5.32 Å². The monoisotopic (exact) mass is 202 g/mol. The minimum atomic E-state index is -1.18. The van der Waals surface area contributed by atoms with Crippen molar-refractivity contribution in [3.8, 4) is 0 Å². The zero-order chi connectivity index (χ0) is 11.4. The predicted molar refractivity (Wildman–Crippen MR) is 52.7 cm³/mol. The number of nitrogens with two attached hydrogens (primary N) is 1. The standard InChI is InChI=1S/C9H18N2O3/c1-4-9(5-2,8(13)14)11-7(12)6(3)10/h6H,4-5,10H2,1-3H3,(H,11,12)(H,13,14). The molecule has 5 nitrogen and oxygen atoms in total. The average molecular weight is 202 g/mol. The molecule has 0 saturated carbocycles. The summed E-state index contributed by atoms with van der Waals surface area (Å²) in [6, 6.07) is -0.688. The summed E-state index contributed by atoms with van der Waals surface area (Å²) in [5, 5.41) is 11.5. The van der Waals surface area contributed by atoms with Crippen LogP contribution in [0.5, 0.6) is 0 Å². The number of carboxylic acids is 1. The number of hydrogen-bond acceptors (Lipinski definition) is 3. The highest BCUT2D eigenvalue weighted by molar-refractivity contribution is 5.89. The van der Waals surface area contributed by atoms with E-state index >= 15 is 0 Å². The molecule has 5 heteroatoms. The first kappa shape index (κ1) is 12.9. The smallest absolute Gasteiger partial charge is 0.329 e. The lowest BCUT2D eigenvalue weighted by Crippen LogP contribution is -2.57. The second-order valence-corrected chi connectivity index (χ2v) is 3.37. The first-order valence-corrected chi connectivity index (χ1v) is 4.70. The molecule has 0 aliphatic heterocycles. The zero-order valence-corrected chi connectivity index (χ0v) is 8.83. The van der Waals surface area contributed by atoms with Crippen LogP contribution in [0.4, 0.5) is 0 Å². The van der Waals surface area contributed by atoms with E-state index in [0.717, 1.165) is 0 Å². The molecule has 0 aromatic heterocycles. The number of carbonyl (C=O) groups excluding carboxylic acids is 1. The number of aliphatic carboxylic acids is 1. The average Bonchev–Trinajstić information content (AvgIpc) is 2.13. The quantitative estimate of drug-likeness (QED) is 0.589. The maximum atomic E-state index is 11.3. The maximum absolute atomic E-state index is 11.3. The summed E-state index contributed by atoms with van der Waals surface area (Å²) in [4.78, 5) is 22.3. The van der Waals surface area contributed by atoms with Gasteiger partial charge in [-0.05, 0) is 19.8 Å². The third-order valence-electron chi connectivity index (χ3n) is 2.39. The fourth-order valence-electron chi connectivity index (χ4n) is 1.13. The van der Waals surface area contributed by atoms with Crippen molar-refractivity contribution in [3.63, 3.8) is 0 Å². The molecule has 0 spiro atoms. The number of hydrogen-bond donors (Lipinski definition) is 3. The Labute approximate surface area is 83.7 Å². The molecule has 82 valence electrons. The van der Waals surface area contributed by atoms with Gasteiger partial charge in [-0.3, -0.25) is 4.79 Å². The first-order chi connectivity index (χ1) is 6.39. The van der Waals surface area contributed by atoms with Gasteiger partial charge in [0.1, 0.15) is 5.54 Å². The van der Waals surface area contributed by atoms with Gasteiger partial charge < -0.3 is 16.2 Å². The molecule has 0 aliphatic carbocycles. The van der Waals surface area contributed by atoms with Crippen molar-refractivity contribution in [2.24, 2.45) is 5.73 Å². The van der Waals surface area contributed by atoms with Crippen LogP contribution in [-0.4, -0.2) is 28.6 Å². The van der Waals surface area contributed by atoms with Crippen LogP contribution in [-0.2, 0) is 9.59 Å². The first-order valence-electron chi connectivity index (χ1n) is 4.70. The normalized spacial score (nSPS) is 13.4. The summed E-state index contributed by atoms with van der Waals surface area (Å²) in [5.41, 5.74) is 4.17. The van der Waals surface area contributed by atoms with E-state index in [1.54, 1.807) is 13.8 Å². The molecule has 0 bridgehead atoms. The Morgan fingerprint density at radius 2 is 1.86 bits per heavy atom. The molecule has 0 heterocycles. The van der Waals surface area contributed by atoms with E-state index in [1.807, 2.05) is 0 Å². The van der Waals surface area contributed by atoms with Gasteiger partial charge in [0, 0.05) is 0 Å². The molecule has 0 saturated heterocycles. The molecule has 1 atom stereocenters. The van der Waals surface area contributed by atoms with Crippen LogP contribution in [0.2, 0.25) is 0 Å². The van der Waals surface area contributed by atoms with Gasteiger partial charge in [-0.1, -0.05) is 13.8 Å². The molecule has 1 amide bonds. The molecule has 4 N–H and O–H groups in total. The van der Waals surface area contributed by atoms with Crippen LogP contribution in [0.15, 0.2) is 0 Å². The Morgan fingerprint density at radius 1 is 1.43 bits per heavy atom. The van der Waals surface area contributed by atoms with Crippen molar-refractivity contribution in [1.29, 1.82) is 0 Å². The van der Waals surface area contributed by atoms with Gasteiger partial charge in [-0.2, -0.15) is 0 Å². The third kappa shape index (κ3) is 2.70. The highest BCUT2D eigenvalue weighted by Crippen LogP contribution is 2.15. The van der Waals surface area contributed by atoms with Crippen molar-refractivity contribution in [2.75, 3.05) is 0 Å². The molecule has 0 radical (unpaired) electrons. The number of nitrogens with one attached hydrogen (secondary N) is 1. The predicted octanol–water partition coefficient (Wildman–Crippen LogP) is 0.0932. The minimum absolute atomic E-state index is 0.345. The van der Waals surface area contributed by atoms with E-state index in [-0.39, 0.29) is 0 Å². The summed E-state index contributed by atoms with van der Waals surface area (Å²) >= 11 is 0. The van der Waals surface area contributed by atoms with Crippen molar-refractivity contribution in [3.05, 3.63) is 0 Å². The van der Waals surface area contributed by atoms with E-state index in [1.165, 1.54) is 6.92 Å². The summed E-state index contributed by atoms with van der Waals surface area (Å²) in [7, 11) is 0. The maximum Gasteiger partial charge on any atom is 0.329 e. The Hall–Kier alpha value is -1.10. The number of amides is 1. The molecule has 14 heavy (non-hydrogen) atoms. The topological polar surface area (TPSA) is 92.4 Å². The van der Waals surface area contributed by atoms with Gasteiger partial charge in [-0.15, -0.1) is 0 Å². The molecule has 0 aromatic rings. The second kappa shape index (κ2) is 4.95. The highest BCUT2D eigenvalue weighted by Gasteiger charge is 2.36. The molecule has 1 unspecified atom stereocenters. The summed E-state index contributed by atoms with van der Waals surface area (Å²) < 4.78 is 0. The van der Waals surface area contributed by atoms with E-state index in [4.69, 9.17) is 10.8 Å². The highest BCUT2D eigenvalue weighted by atomic mass is 16.4. The van der Waals surface area contributed by atoms with Gasteiger partial charge in [0.05, 0.1) is 6.04 Å². The molecule has 0 aromatic carbocycles. The SMILES string of the molecule is CCC(CC)(NC(=O)C(C)N)C(=O)O. The lowest BCUT2D eigenvalue weighted by molar-refractivity contribution is -0.148.